The summed E-state index contributed by atoms with van der Waals surface area (Å²) in [6.07, 6.45) is 4.86. The Labute approximate surface area is 177 Å². The molecule has 1 atom stereocenters. The van der Waals surface area contributed by atoms with Gasteiger partial charge in [0.25, 0.3) is 0 Å². The van der Waals surface area contributed by atoms with E-state index >= 15 is 0 Å². The van der Waals surface area contributed by atoms with Crippen molar-refractivity contribution >= 4 is 22.4 Å². The number of hydrogen-bond donors (Lipinski definition) is 2. The van der Waals surface area contributed by atoms with Gasteiger partial charge in [-0.3, -0.25) is 4.55 Å². The summed E-state index contributed by atoms with van der Waals surface area (Å²) in [5.74, 6) is 0.811. The monoisotopic (exact) mass is 431 g/mol. The molecule has 1 aliphatic rings. The third-order valence-electron chi connectivity index (χ3n) is 5.75. The quantitative estimate of drug-likeness (QED) is 0.325. The Kier molecular flexibility index (Phi) is 6.21. The molecule has 3 aromatic rings. The van der Waals surface area contributed by atoms with Gasteiger partial charge in [0.05, 0.1) is 5.69 Å². The van der Waals surface area contributed by atoms with Crippen molar-refractivity contribution in [3.05, 3.63) is 52.0 Å². The molecular formula is C21H26FN5O2S. The van der Waals surface area contributed by atoms with Crippen molar-refractivity contribution in [3.8, 4) is 0 Å². The van der Waals surface area contributed by atoms with Crippen LogP contribution in [0.25, 0.3) is 11.2 Å². The zero-order valence-electron chi connectivity index (χ0n) is 17.2. The van der Waals surface area contributed by atoms with E-state index in [2.05, 4.69) is 33.7 Å². The minimum Gasteiger partial charge on any atom is -0.312 e. The van der Waals surface area contributed by atoms with Gasteiger partial charge in [0, 0.05) is 19.5 Å². The second kappa shape index (κ2) is 8.87. The Balaban J connectivity index is 1.72. The summed E-state index contributed by atoms with van der Waals surface area (Å²) in [6, 6.07) is 4.64. The zero-order chi connectivity index (χ0) is 21.3. The van der Waals surface area contributed by atoms with Crippen molar-refractivity contribution in [1.82, 2.24) is 24.2 Å². The molecule has 9 heteroatoms. The molecule has 0 saturated carbocycles. The molecule has 160 valence electrons. The van der Waals surface area contributed by atoms with Gasteiger partial charge in [-0.05, 0) is 61.3 Å². The molecule has 0 bridgehead atoms. The van der Waals surface area contributed by atoms with E-state index in [1.165, 1.54) is 28.7 Å². The molecule has 4 rings (SSSR count). The molecule has 0 saturated heterocycles. The van der Waals surface area contributed by atoms with Crippen LogP contribution >= 0.6 is 0 Å². The standard InChI is InChI=1S/C21H26FN5O2S/c1-3-14-10-15-6-4-7-16(15)11-17(14)12-18-25-19-13(2)24-21(22)26-20(19)27(18)9-5-8-23-30(28)29/h10-11,23H,3-9,12H2,1-2H3,(H,28,29). The third kappa shape index (κ3) is 4.28. The molecule has 0 amide bonds. The molecule has 2 aromatic heterocycles. The van der Waals surface area contributed by atoms with Crippen molar-refractivity contribution in [2.75, 3.05) is 6.54 Å². The first-order valence-electron chi connectivity index (χ1n) is 10.3. The van der Waals surface area contributed by atoms with E-state index in [0.717, 1.165) is 25.1 Å². The summed E-state index contributed by atoms with van der Waals surface area (Å²) in [6.45, 7) is 4.76. The fourth-order valence-corrected chi connectivity index (χ4v) is 4.62. The molecular weight excluding hydrogens is 405 g/mol. The number of fused-ring (bicyclic) bond motifs is 2. The van der Waals surface area contributed by atoms with Crippen LogP contribution < -0.4 is 4.72 Å². The van der Waals surface area contributed by atoms with E-state index < -0.39 is 17.3 Å². The number of aryl methyl sites for hydroxylation is 5. The van der Waals surface area contributed by atoms with E-state index in [4.69, 9.17) is 9.54 Å². The number of nitrogens with one attached hydrogen (secondary N) is 1. The number of hydrogen-bond acceptors (Lipinski definition) is 4. The second-order valence-corrected chi connectivity index (χ2v) is 8.49. The van der Waals surface area contributed by atoms with E-state index in [1.54, 1.807) is 6.92 Å². The smallest absolute Gasteiger partial charge is 0.310 e. The van der Waals surface area contributed by atoms with E-state index in [9.17, 15) is 8.60 Å². The summed E-state index contributed by atoms with van der Waals surface area (Å²) in [5, 5.41) is 0. The van der Waals surface area contributed by atoms with Gasteiger partial charge < -0.3 is 4.57 Å². The molecule has 1 aromatic carbocycles. The van der Waals surface area contributed by atoms with Gasteiger partial charge in [0.15, 0.2) is 5.65 Å². The molecule has 2 N–H and O–H groups in total. The van der Waals surface area contributed by atoms with Crippen LogP contribution in [0.3, 0.4) is 0 Å². The predicted molar refractivity (Wildman–Crippen MR) is 114 cm³/mol. The largest absolute Gasteiger partial charge is 0.312 e. The van der Waals surface area contributed by atoms with E-state index in [-0.39, 0.29) is 0 Å². The van der Waals surface area contributed by atoms with Crippen LogP contribution in [0.5, 0.6) is 0 Å². The van der Waals surface area contributed by atoms with Crippen LogP contribution in [-0.2, 0) is 43.5 Å². The number of aromatic nitrogens is 4. The first-order valence-corrected chi connectivity index (χ1v) is 11.4. The molecule has 1 unspecified atom stereocenters. The topological polar surface area (TPSA) is 92.9 Å². The average molecular weight is 432 g/mol. The van der Waals surface area contributed by atoms with Gasteiger partial charge in [-0.2, -0.15) is 9.37 Å². The molecule has 0 spiro atoms. The van der Waals surface area contributed by atoms with Crippen molar-refractivity contribution in [3.63, 3.8) is 0 Å². The lowest BCUT2D eigenvalue weighted by Gasteiger charge is -2.13. The minimum atomic E-state index is -2.05. The number of halogens is 1. The lowest BCUT2D eigenvalue weighted by Crippen LogP contribution is -2.19. The van der Waals surface area contributed by atoms with Gasteiger partial charge in [-0.25, -0.2) is 18.9 Å². The maximum absolute atomic E-state index is 13.9. The van der Waals surface area contributed by atoms with Gasteiger partial charge in [0.2, 0.25) is 11.3 Å². The Morgan fingerprint density at radius 1 is 1.20 bits per heavy atom. The summed E-state index contributed by atoms with van der Waals surface area (Å²) >= 11 is -2.05. The maximum atomic E-state index is 13.9. The molecule has 1 aliphatic carbocycles. The van der Waals surface area contributed by atoms with Gasteiger partial charge in [-0.15, -0.1) is 0 Å². The number of rotatable bonds is 8. The van der Waals surface area contributed by atoms with Crippen LogP contribution in [-0.4, -0.2) is 34.8 Å². The number of benzene rings is 1. The van der Waals surface area contributed by atoms with Gasteiger partial charge in [-0.1, -0.05) is 19.1 Å². The Hall–Kier alpha value is -2.23. The zero-order valence-corrected chi connectivity index (χ0v) is 18.1. The number of imidazole rings is 1. The third-order valence-corrected chi connectivity index (χ3v) is 6.20. The van der Waals surface area contributed by atoms with Crippen LogP contribution in [0.2, 0.25) is 0 Å². The van der Waals surface area contributed by atoms with Crippen molar-refractivity contribution in [1.29, 1.82) is 0 Å². The maximum Gasteiger partial charge on any atom is 0.310 e. The van der Waals surface area contributed by atoms with Crippen LogP contribution in [0.15, 0.2) is 12.1 Å². The fraction of sp³-hybridized carbons (Fsp3) is 0.476. The first-order chi connectivity index (χ1) is 14.5. The first kappa shape index (κ1) is 21.0. The molecule has 2 heterocycles. The van der Waals surface area contributed by atoms with Crippen molar-refractivity contribution in [2.24, 2.45) is 0 Å². The molecule has 0 aliphatic heterocycles. The highest BCUT2D eigenvalue weighted by atomic mass is 32.2. The van der Waals surface area contributed by atoms with Crippen LogP contribution in [0, 0.1) is 13.0 Å². The normalized spacial score (nSPS) is 14.4. The Morgan fingerprint density at radius 3 is 2.63 bits per heavy atom. The molecule has 0 radical (unpaired) electrons. The summed E-state index contributed by atoms with van der Waals surface area (Å²) in [7, 11) is 0. The summed E-state index contributed by atoms with van der Waals surface area (Å²) < 4.78 is 38.1. The highest BCUT2D eigenvalue weighted by Crippen LogP contribution is 2.28. The van der Waals surface area contributed by atoms with Crippen LogP contribution in [0.4, 0.5) is 4.39 Å². The Morgan fingerprint density at radius 2 is 1.93 bits per heavy atom. The molecule has 30 heavy (non-hydrogen) atoms. The van der Waals surface area contributed by atoms with Crippen molar-refractivity contribution in [2.45, 2.75) is 58.9 Å². The van der Waals surface area contributed by atoms with Gasteiger partial charge >= 0.3 is 6.08 Å². The highest BCUT2D eigenvalue weighted by molar-refractivity contribution is 7.77. The summed E-state index contributed by atoms with van der Waals surface area (Å²) in [5.41, 5.74) is 7.02. The average Bonchev–Trinajstić information content (AvgIpc) is 3.29. The Bertz CT molecular complexity index is 1110. The summed E-state index contributed by atoms with van der Waals surface area (Å²) in [4.78, 5) is 12.6. The molecule has 7 nitrogen and oxygen atoms in total. The lowest BCUT2D eigenvalue weighted by molar-refractivity contribution is 0.532. The van der Waals surface area contributed by atoms with E-state index in [0.29, 0.717) is 42.8 Å². The van der Waals surface area contributed by atoms with Crippen molar-refractivity contribution < 1.29 is 13.2 Å². The number of nitrogens with zero attached hydrogens (tertiary/aromatic N) is 4. The fourth-order valence-electron chi connectivity index (χ4n) is 4.31. The van der Waals surface area contributed by atoms with E-state index in [1.807, 2.05) is 4.57 Å². The highest BCUT2D eigenvalue weighted by Gasteiger charge is 2.19. The lowest BCUT2D eigenvalue weighted by atomic mass is 9.96. The predicted octanol–water partition coefficient (Wildman–Crippen LogP) is 3.03. The second-order valence-electron chi connectivity index (χ2n) is 7.70. The SMILES string of the molecule is CCc1cc2c(cc1Cc1nc3c(C)nc(F)nc3n1CCCNS(=O)O)CCC2. The van der Waals surface area contributed by atoms with Crippen LogP contribution in [0.1, 0.15) is 53.5 Å². The minimum absolute atomic E-state index is 0.355. The molecule has 0 fully saturated rings. The van der Waals surface area contributed by atoms with Gasteiger partial charge in [0.1, 0.15) is 11.3 Å².